The lowest BCUT2D eigenvalue weighted by atomic mass is 10.0. The first-order valence-electron chi connectivity index (χ1n) is 5.22. The molecule has 0 bridgehead atoms. The molecule has 1 aromatic heterocycles. The Morgan fingerprint density at radius 1 is 1.53 bits per heavy atom. The fourth-order valence-corrected chi connectivity index (χ4v) is 1.84. The second kappa shape index (κ2) is 4.53. The maximum atomic E-state index is 12.0. The highest BCUT2D eigenvalue weighted by Gasteiger charge is 2.45. The van der Waals surface area contributed by atoms with Gasteiger partial charge in [-0.05, 0) is 12.1 Å². The van der Waals surface area contributed by atoms with Gasteiger partial charge in [0, 0.05) is 12.6 Å². The first-order valence-corrected chi connectivity index (χ1v) is 5.22. The van der Waals surface area contributed by atoms with Gasteiger partial charge in [0.2, 0.25) is 0 Å². The summed E-state index contributed by atoms with van der Waals surface area (Å²) in [6.45, 7) is 0. The summed E-state index contributed by atoms with van der Waals surface area (Å²) >= 11 is 0. The van der Waals surface area contributed by atoms with Crippen molar-refractivity contribution in [2.24, 2.45) is 0 Å². The molecule has 3 amide bonds. The van der Waals surface area contributed by atoms with Crippen LogP contribution in [0.4, 0.5) is 10.5 Å². The molecule has 0 aliphatic carbocycles. The quantitative estimate of drug-likeness (QED) is 0.382. The molecule has 0 spiro atoms. The Morgan fingerprint density at radius 3 is 2.79 bits per heavy atom. The number of imide groups is 1. The summed E-state index contributed by atoms with van der Waals surface area (Å²) in [6, 6.07) is 3.07. The molecule has 100 valence electrons. The Balaban J connectivity index is 2.33. The largest absolute Gasteiger partial charge is 0.462 e. The summed E-state index contributed by atoms with van der Waals surface area (Å²) in [5.74, 6) is -2.73. The maximum Gasteiger partial charge on any atom is 0.452 e. The summed E-state index contributed by atoms with van der Waals surface area (Å²) in [4.78, 5) is 38.0. The third kappa shape index (κ3) is 2.06. The van der Waals surface area contributed by atoms with Crippen molar-refractivity contribution in [3.05, 3.63) is 24.0 Å². The van der Waals surface area contributed by atoms with Gasteiger partial charge in [-0.15, -0.1) is 0 Å². The fourth-order valence-electron chi connectivity index (χ4n) is 1.84. The van der Waals surface area contributed by atoms with Crippen molar-refractivity contribution in [1.29, 1.82) is 0 Å². The van der Waals surface area contributed by atoms with E-state index in [2.05, 4.69) is 4.98 Å². The molecule has 1 fully saturated rings. The number of amides is 3. The third-order valence-electron chi connectivity index (χ3n) is 2.68. The van der Waals surface area contributed by atoms with Gasteiger partial charge in [0.1, 0.15) is 0 Å². The normalized spacial score (nSPS) is 18.8. The number of aromatic nitrogens is 1. The minimum absolute atomic E-state index is 0.154. The highest BCUT2D eigenvalue weighted by atomic mass is 16.6. The number of anilines is 1. The molecule has 9 nitrogen and oxygen atoms in total. The van der Waals surface area contributed by atoms with Crippen LogP contribution in [0.2, 0.25) is 0 Å². The van der Waals surface area contributed by atoms with E-state index < -0.39 is 29.0 Å². The average molecular weight is 266 g/mol. The number of hydrogen-bond donors (Lipinski definition) is 3. The molecule has 0 aromatic carbocycles. The first kappa shape index (κ1) is 12.8. The van der Waals surface area contributed by atoms with Crippen molar-refractivity contribution < 1.29 is 24.7 Å². The molecule has 1 aliphatic rings. The minimum atomic E-state index is -1.84. The van der Waals surface area contributed by atoms with Crippen LogP contribution in [0.5, 0.6) is 0 Å². The van der Waals surface area contributed by atoms with Gasteiger partial charge >= 0.3 is 6.09 Å². The van der Waals surface area contributed by atoms with E-state index >= 15 is 0 Å². The number of hydrogen-bond acceptors (Lipinski definition) is 6. The molecule has 1 aromatic rings. The fraction of sp³-hybridized carbons (Fsp3) is 0.200. The number of rotatable bonds is 2. The number of nitrogens with two attached hydrogens (primary N) is 1. The van der Waals surface area contributed by atoms with Crippen molar-refractivity contribution >= 4 is 23.6 Å². The van der Waals surface area contributed by atoms with Crippen LogP contribution >= 0.6 is 0 Å². The number of pyridine rings is 1. The smallest absolute Gasteiger partial charge is 0.452 e. The van der Waals surface area contributed by atoms with Gasteiger partial charge < -0.3 is 10.8 Å². The Kier molecular flexibility index (Phi) is 3.05. The summed E-state index contributed by atoms with van der Waals surface area (Å²) in [5, 5.41) is 17.5. The molecule has 2 heterocycles. The van der Waals surface area contributed by atoms with Crippen LogP contribution < -0.4 is 5.73 Å². The molecule has 0 radical (unpaired) electrons. The highest BCUT2D eigenvalue weighted by Crippen LogP contribution is 2.31. The van der Waals surface area contributed by atoms with E-state index in [1.807, 2.05) is 0 Å². The standard InChI is InChI=1S/C10H10N4O5/c11-6-2-1-3-12-8(6)5-4-7(15)13(9(5)16)14(19)10(17)18/h1-3,5,19H,4,11H2,(H,17,18). The van der Waals surface area contributed by atoms with E-state index in [1.165, 1.54) is 12.3 Å². The lowest BCUT2D eigenvalue weighted by Gasteiger charge is -2.20. The number of carboxylic acid groups (broad SMARTS) is 1. The van der Waals surface area contributed by atoms with E-state index in [0.717, 1.165) is 0 Å². The number of carbonyl (C=O) groups excluding carboxylic acids is 2. The van der Waals surface area contributed by atoms with E-state index in [9.17, 15) is 14.4 Å². The van der Waals surface area contributed by atoms with E-state index in [1.54, 1.807) is 6.07 Å². The molecule has 2 rings (SSSR count). The number of hydrazine groups is 1. The first-order chi connectivity index (χ1) is 8.93. The van der Waals surface area contributed by atoms with Crippen molar-refractivity contribution in [2.75, 3.05) is 5.73 Å². The topological polar surface area (TPSA) is 137 Å². The molecular formula is C10H10N4O5. The molecule has 19 heavy (non-hydrogen) atoms. The summed E-state index contributed by atoms with van der Waals surface area (Å²) in [5.41, 5.74) is 6.05. The number of nitrogens with zero attached hydrogens (tertiary/aromatic N) is 3. The van der Waals surface area contributed by atoms with Crippen molar-refractivity contribution in [3.8, 4) is 0 Å². The van der Waals surface area contributed by atoms with E-state index in [0.29, 0.717) is 0 Å². The molecule has 1 saturated heterocycles. The Bertz CT molecular complexity index is 561. The zero-order chi connectivity index (χ0) is 14.2. The zero-order valence-corrected chi connectivity index (χ0v) is 9.55. The zero-order valence-electron chi connectivity index (χ0n) is 9.55. The average Bonchev–Trinajstić information content (AvgIpc) is 2.64. The lowest BCUT2D eigenvalue weighted by Crippen LogP contribution is -2.47. The van der Waals surface area contributed by atoms with Crippen LogP contribution in [0.25, 0.3) is 0 Å². The monoisotopic (exact) mass is 266 g/mol. The predicted octanol–water partition coefficient (Wildman–Crippen LogP) is -0.210. The van der Waals surface area contributed by atoms with Crippen LogP contribution in [0.3, 0.4) is 0 Å². The predicted molar refractivity (Wildman–Crippen MR) is 59.5 cm³/mol. The van der Waals surface area contributed by atoms with E-state index in [4.69, 9.17) is 16.0 Å². The van der Waals surface area contributed by atoms with Crippen molar-refractivity contribution in [3.63, 3.8) is 0 Å². The van der Waals surface area contributed by atoms with Gasteiger partial charge in [0.25, 0.3) is 11.8 Å². The number of carbonyl (C=O) groups is 3. The minimum Gasteiger partial charge on any atom is -0.462 e. The molecule has 1 atom stereocenters. The molecule has 0 saturated carbocycles. The van der Waals surface area contributed by atoms with Crippen LogP contribution in [0, 0.1) is 0 Å². The molecule has 9 heteroatoms. The van der Waals surface area contributed by atoms with Gasteiger partial charge in [-0.3, -0.25) is 19.8 Å². The van der Waals surface area contributed by atoms with Gasteiger partial charge in [-0.25, -0.2) is 4.79 Å². The Labute approximate surface area is 106 Å². The molecule has 1 unspecified atom stereocenters. The van der Waals surface area contributed by atoms with Crippen molar-refractivity contribution in [2.45, 2.75) is 12.3 Å². The second-order valence-electron chi connectivity index (χ2n) is 3.85. The lowest BCUT2D eigenvalue weighted by molar-refractivity contribution is -0.209. The highest BCUT2D eigenvalue weighted by molar-refractivity contribution is 6.06. The van der Waals surface area contributed by atoms with Crippen LogP contribution in [-0.4, -0.2) is 43.4 Å². The maximum absolute atomic E-state index is 12.0. The van der Waals surface area contributed by atoms with Gasteiger partial charge in [0.05, 0.1) is 17.3 Å². The van der Waals surface area contributed by atoms with Crippen LogP contribution in [-0.2, 0) is 9.59 Å². The van der Waals surface area contributed by atoms with Gasteiger partial charge in [0.15, 0.2) is 0 Å². The summed E-state index contributed by atoms with van der Waals surface area (Å²) < 4.78 is 0. The second-order valence-corrected chi connectivity index (χ2v) is 3.85. The van der Waals surface area contributed by atoms with Crippen LogP contribution in [0.1, 0.15) is 18.0 Å². The Hall–Kier alpha value is -2.68. The molecular weight excluding hydrogens is 256 g/mol. The van der Waals surface area contributed by atoms with E-state index in [-0.39, 0.29) is 22.8 Å². The summed E-state index contributed by atoms with van der Waals surface area (Å²) in [6.07, 6.45) is -0.735. The number of nitrogen functional groups attached to an aromatic ring is 1. The third-order valence-corrected chi connectivity index (χ3v) is 2.68. The van der Waals surface area contributed by atoms with Crippen LogP contribution in [0.15, 0.2) is 18.3 Å². The SMILES string of the molecule is Nc1cccnc1C1CC(=O)N(N(O)C(=O)O)C1=O. The number of hydroxylamine groups is 1. The Morgan fingerprint density at radius 2 is 2.21 bits per heavy atom. The van der Waals surface area contributed by atoms with Gasteiger partial charge in [-0.2, -0.15) is 5.01 Å². The summed E-state index contributed by atoms with van der Waals surface area (Å²) in [7, 11) is 0. The molecule has 4 N–H and O–H groups in total. The molecule has 1 aliphatic heterocycles. The van der Waals surface area contributed by atoms with Crippen molar-refractivity contribution in [1.82, 2.24) is 15.2 Å². The van der Waals surface area contributed by atoms with Gasteiger partial charge in [-0.1, -0.05) is 5.17 Å².